The first-order valence-electron chi connectivity index (χ1n) is 6.85. The minimum absolute atomic E-state index is 0.0599. The Balaban J connectivity index is 2.05. The molecule has 24 heavy (non-hydrogen) atoms. The number of alkyl halides is 2. The van der Waals surface area contributed by atoms with Crippen LogP contribution in [-0.2, 0) is 0 Å². The van der Waals surface area contributed by atoms with Gasteiger partial charge in [0, 0.05) is 17.1 Å². The van der Waals surface area contributed by atoms with Gasteiger partial charge in [-0.1, -0.05) is 11.3 Å². The number of nitrogens with zero attached hydrogens (tertiary/aromatic N) is 1. The summed E-state index contributed by atoms with van der Waals surface area (Å²) in [5.41, 5.74) is 0.966. The van der Waals surface area contributed by atoms with Crippen molar-refractivity contribution in [3.05, 3.63) is 46.7 Å². The Morgan fingerprint density at radius 3 is 2.67 bits per heavy atom. The first-order valence-corrected chi connectivity index (χ1v) is 7.67. The zero-order chi connectivity index (χ0) is 17.4. The van der Waals surface area contributed by atoms with Gasteiger partial charge in [-0.15, -0.1) is 0 Å². The SMILES string of the molecule is COc1cc2cc(C)n(C(=O)c3ccc(OC(F)F)s3)c2cc1F. The number of rotatable bonds is 4. The predicted molar refractivity (Wildman–Crippen MR) is 83.9 cm³/mol. The van der Waals surface area contributed by atoms with E-state index in [2.05, 4.69) is 4.74 Å². The average molecular weight is 355 g/mol. The van der Waals surface area contributed by atoms with E-state index in [1.54, 1.807) is 13.0 Å². The number of fused-ring (bicyclic) bond motifs is 1. The molecule has 4 nitrogen and oxygen atoms in total. The van der Waals surface area contributed by atoms with Gasteiger partial charge in [0.1, 0.15) is 0 Å². The van der Waals surface area contributed by atoms with E-state index in [1.165, 1.54) is 35.9 Å². The van der Waals surface area contributed by atoms with Gasteiger partial charge in [-0.3, -0.25) is 9.36 Å². The number of benzene rings is 1. The molecule has 126 valence electrons. The van der Waals surface area contributed by atoms with Crippen LogP contribution in [0.3, 0.4) is 0 Å². The third kappa shape index (κ3) is 2.84. The van der Waals surface area contributed by atoms with Gasteiger partial charge in [0.15, 0.2) is 16.6 Å². The van der Waals surface area contributed by atoms with Crippen LogP contribution >= 0.6 is 11.3 Å². The zero-order valence-electron chi connectivity index (χ0n) is 12.7. The summed E-state index contributed by atoms with van der Waals surface area (Å²) in [6, 6.07) is 7.13. The smallest absolute Gasteiger partial charge is 0.388 e. The fourth-order valence-corrected chi connectivity index (χ4v) is 3.26. The lowest BCUT2D eigenvalue weighted by Crippen LogP contribution is -2.11. The highest BCUT2D eigenvalue weighted by Gasteiger charge is 2.19. The van der Waals surface area contributed by atoms with Crippen molar-refractivity contribution in [2.24, 2.45) is 0 Å². The molecule has 0 saturated carbocycles. The Labute approximate surface area is 139 Å². The van der Waals surface area contributed by atoms with Gasteiger partial charge in [-0.05, 0) is 31.2 Å². The molecule has 8 heteroatoms. The van der Waals surface area contributed by atoms with Crippen LogP contribution in [0, 0.1) is 12.7 Å². The third-order valence-electron chi connectivity index (χ3n) is 3.46. The average Bonchev–Trinajstić information content (AvgIpc) is 3.09. The molecular formula is C16H12F3NO3S. The summed E-state index contributed by atoms with van der Waals surface area (Å²) in [6.07, 6.45) is 0. The normalized spacial score (nSPS) is 11.2. The minimum Gasteiger partial charge on any atom is -0.494 e. The van der Waals surface area contributed by atoms with Crippen molar-refractivity contribution >= 4 is 28.1 Å². The molecule has 0 N–H and O–H groups in total. The van der Waals surface area contributed by atoms with Crippen LogP contribution < -0.4 is 9.47 Å². The molecule has 0 aliphatic carbocycles. The van der Waals surface area contributed by atoms with E-state index in [0.717, 1.165) is 11.3 Å². The fraction of sp³-hybridized carbons (Fsp3) is 0.188. The highest BCUT2D eigenvalue weighted by molar-refractivity contribution is 7.15. The lowest BCUT2D eigenvalue weighted by atomic mass is 10.2. The number of aromatic nitrogens is 1. The van der Waals surface area contributed by atoms with Gasteiger partial charge in [0.25, 0.3) is 5.91 Å². The molecule has 0 bridgehead atoms. The third-order valence-corrected chi connectivity index (χ3v) is 4.42. The molecule has 0 unspecified atom stereocenters. The molecule has 0 fully saturated rings. The summed E-state index contributed by atoms with van der Waals surface area (Å²) < 4.78 is 49.0. The fourth-order valence-electron chi connectivity index (χ4n) is 2.47. The Morgan fingerprint density at radius 2 is 2.00 bits per heavy atom. The van der Waals surface area contributed by atoms with Crippen molar-refractivity contribution in [2.45, 2.75) is 13.5 Å². The number of carbonyl (C=O) groups excluding carboxylic acids is 1. The van der Waals surface area contributed by atoms with Gasteiger partial charge >= 0.3 is 6.61 Å². The maximum absolute atomic E-state index is 14.0. The van der Waals surface area contributed by atoms with E-state index in [0.29, 0.717) is 16.6 Å². The molecular weight excluding hydrogens is 343 g/mol. The maximum atomic E-state index is 14.0. The molecule has 0 atom stereocenters. The van der Waals surface area contributed by atoms with Gasteiger partial charge < -0.3 is 9.47 Å². The quantitative estimate of drug-likeness (QED) is 0.694. The summed E-state index contributed by atoms with van der Waals surface area (Å²) in [6.45, 7) is -1.26. The first-order chi connectivity index (χ1) is 11.4. The number of halogens is 3. The zero-order valence-corrected chi connectivity index (χ0v) is 13.5. The minimum atomic E-state index is -2.96. The van der Waals surface area contributed by atoms with E-state index in [1.807, 2.05) is 0 Å². The Hall–Kier alpha value is -2.48. The number of hydrogen-bond acceptors (Lipinski definition) is 4. The Bertz CT molecular complexity index is 917. The number of carbonyl (C=O) groups is 1. The van der Waals surface area contributed by atoms with Crippen LogP contribution in [-0.4, -0.2) is 24.2 Å². The maximum Gasteiger partial charge on any atom is 0.388 e. The molecule has 0 amide bonds. The van der Waals surface area contributed by atoms with Gasteiger partial charge in [-0.25, -0.2) is 4.39 Å². The Morgan fingerprint density at radius 1 is 1.25 bits per heavy atom. The van der Waals surface area contributed by atoms with Crippen molar-refractivity contribution in [1.82, 2.24) is 4.57 Å². The van der Waals surface area contributed by atoms with E-state index >= 15 is 0 Å². The van der Waals surface area contributed by atoms with Crippen LogP contribution in [0.1, 0.15) is 15.4 Å². The highest BCUT2D eigenvalue weighted by atomic mass is 32.1. The first kappa shape index (κ1) is 16.4. The second kappa shape index (κ2) is 6.20. The summed E-state index contributed by atoms with van der Waals surface area (Å²) in [7, 11) is 1.36. The van der Waals surface area contributed by atoms with Gasteiger partial charge in [0.05, 0.1) is 17.5 Å². The van der Waals surface area contributed by atoms with Crippen LogP contribution in [0.2, 0.25) is 0 Å². The molecule has 2 heterocycles. The molecule has 0 aliphatic heterocycles. The second-order valence-electron chi connectivity index (χ2n) is 4.97. The topological polar surface area (TPSA) is 40.5 Å². The number of thiophene rings is 1. The van der Waals surface area contributed by atoms with Crippen molar-refractivity contribution in [3.8, 4) is 10.8 Å². The molecule has 0 spiro atoms. The monoisotopic (exact) mass is 355 g/mol. The van der Waals surface area contributed by atoms with E-state index in [9.17, 15) is 18.0 Å². The van der Waals surface area contributed by atoms with Gasteiger partial charge in [0.2, 0.25) is 0 Å². The van der Waals surface area contributed by atoms with Crippen LogP contribution in [0.5, 0.6) is 10.8 Å². The Kier molecular flexibility index (Phi) is 4.23. The van der Waals surface area contributed by atoms with Crippen LogP contribution in [0.15, 0.2) is 30.3 Å². The van der Waals surface area contributed by atoms with Crippen LogP contribution in [0.4, 0.5) is 13.2 Å². The standard InChI is InChI=1S/C16H12F3NO3S/c1-8-5-9-6-12(22-2)10(17)7-11(9)20(8)15(21)13-3-4-14(24-13)23-16(18)19/h3-7,16H,1-2H3. The molecule has 2 aromatic heterocycles. The summed E-state index contributed by atoms with van der Waals surface area (Å²) in [5, 5.41) is 0.579. The van der Waals surface area contributed by atoms with Crippen molar-refractivity contribution in [1.29, 1.82) is 0 Å². The van der Waals surface area contributed by atoms with Crippen molar-refractivity contribution < 1.29 is 27.4 Å². The lowest BCUT2D eigenvalue weighted by molar-refractivity contribution is -0.0472. The summed E-state index contributed by atoms with van der Waals surface area (Å²) in [5.74, 6) is -0.956. The van der Waals surface area contributed by atoms with Gasteiger partial charge in [-0.2, -0.15) is 8.78 Å². The van der Waals surface area contributed by atoms with Crippen molar-refractivity contribution in [2.75, 3.05) is 7.11 Å². The predicted octanol–water partition coefficient (Wildman–Crippen LogP) is 4.45. The number of aryl methyl sites for hydroxylation is 1. The molecule has 0 radical (unpaired) electrons. The highest BCUT2D eigenvalue weighted by Crippen LogP contribution is 2.31. The van der Waals surface area contributed by atoms with Crippen molar-refractivity contribution in [3.63, 3.8) is 0 Å². The van der Waals surface area contributed by atoms with E-state index in [4.69, 9.17) is 4.74 Å². The summed E-state index contributed by atoms with van der Waals surface area (Å²) in [4.78, 5) is 12.9. The lowest BCUT2D eigenvalue weighted by Gasteiger charge is -2.07. The second-order valence-corrected chi connectivity index (χ2v) is 6.02. The van der Waals surface area contributed by atoms with E-state index in [-0.39, 0.29) is 15.7 Å². The summed E-state index contributed by atoms with van der Waals surface area (Å²) >= 11 is 0.806. The van der Waals surface area contributed by atoms with E-state index < -0.39 is 18.3 Å². The molecule has 3 rings (SSSR count). The number of ether oxygens (including phenoxy) is 2. The molecule has 0 aliphatic rings. The largest absolute Gasteiger partial charge is 0.494 e. The number of hydrogen-bond donors (Lipinski definition) is 0. The molecule has 3 aromatic rings. The molecule has 0 saturated heterocycles. The van der Waals surface area contributed by atoms with Crippen LogP contribution in [0.25, 0.3) is 10.9 Å². The molecule has 1 aromatic carbocycles. The number of methoxy groups -OCH3 is 1.